The number of allylic oxidation sites excluding steroid dienone is 1. The Morgan fingerprint density at radius 3 is 2.96 bits per heavy atom. The number of halogens is 1. The Morgan fingerprint density at radius 1 is 1.35 bits per heavy atom. The summed E-state index contributed by atoms with van der Waals surface area (Å²) in [4.78, 5) is 20.5. The molecule has 0 bridgehead atoms. The van der Waals surface area contributed by atoms with Crippen LogP contribution in [0.5, 0.6) is 0 Å². The van der Waals surface area contributed by atoms with Gasteiger partial charge >= 0.3 is 6.03 Å². The fraction of sp³-hybridized carbons (Fsp3) is 0.188. The zero-order chi connectivity index (χ0) is 16.2. The number of nitrogens with zero attached hydrogens (tertiary/aromatic N) is 2. The van der Waals surface area contributed by atoms with Crippen LogP contribution in [0.3, 0.4) is 0 Å². The molecule has 118 valence electrons. The molecule has 0 saturated carbocycles. The number of carbonyl (C=O) groups excluding carboxylic acids is 1. The van der Waals surface area contributed by atoms with Crippen molar-refractivity contribution in [2.75, 3.05) is 10.6 Å². The van der Waals surface area contributed by atoms with Crippen molar-refractivity contribution in [1.82, 2.24) is 4.98 Å². The largest absolute Gasteiger partial charge is 0.325 e. The number of hydrogen-bond donors (Lipinski definition) is 2. The predicted molar refractivity (Wildman–Crippen MR) is 90.8 cm³/mol. The van der Waals surface area contributed by atoms with Gasteiger partial charge in [-0.05, 0) is 31.1 Å². The van der Waals surface area contributed by atoms with Crippen LogP contribution < -0.4 is 10.6 Å². The second kappa shape index (κ2) is 6.70. The fourth-order valence-corrected chi connectivity index (χ4v) is 3.04. The molecular formula is C16H15FN4OS. The number of para-hydroxylation sites is 1. The molecule has 1 aromatic heterocycles. The SMILES string of the molecule is CC1=CN=CCC1c1csc(NC(=O)Nc2ccccc2F)n1. The summed E-state index contributed by atoms with van der Waals surface area (Å²) in [6, 6.07) is 5.48. The molecular weight excluding hydrogens is 315 g/mol. The molecule has 1 aliphatic heterocycles. The minimum atomic E-state index is -0.520. The van der Waals surface area contributed by atoms with Gasteiger partial charge in [-0.25, -0.2) is 14.2 Å². The maximum Gasteiger partial charge on any atom is 0.325 e. The van der Waals surface area contributed by atoms with E-state index in [1.54, 1.807) is 12.1 Å². The lowest BCUT2D eigenvalue weighted by Gasteiger charge is -2.15. The highest BCUT2D eigenvalue weighted by molar-refractivity contribution is 7.14. The quantitative estimate of drug-likeness (QED) is 0.876. The topological polar surface area (TPSA) is 66.4 Å². The molecule has 2 aromatic rings. The molecule has 1 unspecified atom stereocenters. The molecule has 0 aliphatic carbocycles. The van der Waals surface area contributed by atoms with Gasteiger partial charge in [0.15, 0.2) is 5.13 Å². The number of urea groups is 1. The van der Waals surface area contributed by atoms with Crippen LogP contribution in [0.2, 0.25) is 0 Å². The van der Waals surface area contributed by atoms with E-state index in [0.29, 0.717) is 5.13 Å². The third-order valence-corrected chi connectivity index (χ3v) is 4.27. The van der Waals surface area contributed by atoms with Crippen molar-refractivity contribution in [2.45, 2.75) is 19.3 Å². The van der Waals surface area contributed by atoms with E-state index in [0.717, 1.165) is 17.7 Å². The molecule has 7 heteroatoms. The number of nitrogens with one attached hydrogen (secondary N) is 2. The average molecular weight is 330 g/mol. The Kier molecular flexibility index (Phi) is 4.47. The lowest BCUT2D eigenvalue weighted by atomic mass is 9.94. The number of hydrogen-bond acceptors (Lipinski definition) is 4. The maximum atomic E-state index is 13.5. The molecule has 23 heavy (non-hydrogen) atoms. The van der Waals surface area contributed by atoms with Crippen LogP contribution in [0.25, 0.3) is 0 Å². The first kappa shape index (κ1) is 15.4. The number of thiazole rings is 1. The number of carbonyl (C=O) groups is 1. The van der Waals surface area contributed by atoms with E-state index in [4.69, 9.17) is 0 Å². The van der Waals surface area contributed by atoms with Gasteiger partial charge in [0.05, 0.1) is 11.4 Å². The molecule has 2 heterocycles. The number of anilines is 2. The van der Waals surface area contributed by atoms with Gasteiger partial charge in [0.25, 0.3) is 0 Å². The lowest BCUT2D eigenvalue weighted by molar-refractivity contribution is 0.262. The van der Waals surface area contributed by atoms with Crippen molar-refractivity contribution >= 4 is 34.4 Å². The Labute approximate surface area is 137 Å². The Bertz CT molecular complexity index is 784. The van der Waals surface area contributed by atoms with Gasteiger partial charge in [-0.15, -0.1) is 11.3 Å². The molecule has 5 nitrogen and oxygen atoms in total. The molecule has 0 radical (unpaired) electrons. The highest BCUT2D eigenvalue weighted by Crippen LogP contribution is 2.31. The van der Waals surface area contributed by atoms with E-state index >= 15 is 0 Å². The van der Waals surface area contributed by atoms with Gasteiger partial charge in [-0.1, -0.05) is 12.1 Å². The van der Waals surface area contributed by atoms with Crippen molar-refractivity contribution in [3.8, 4) is 0 Å². The molecule has 1 aliphatic rings. The molecule has 1 atom stereocenters. The zero-order valence-corrected chi connectivity index (χ0v) is 13.2. The van der Waals surface area contributed by atoms with Crippen LogP contribution >= 0.6 is 11.3 Å². The van der Waals surface area contributed by atoms with Crippen LogP contribution in [0.15, 0.2) is 46.4 Å². The standard InChI is InChI=1S/C16H15FN4OS/c1-10-8-18-7-6-11(10)14-9-23-16(20-14)21-15(22)19-13-5-3-2-4-12(13)17/h2-5,7-9,11H,6H2,1H3,(H2,19,20,21,22). The van der Waals surface area contributed by atoms with E-state index in [9.17, 15) is 9.18 Å². The fourth-order valence-electron chi connectivity index (χ4n) is 2.28. The number of benzene rings is 1. The van der Waals surface area contributed by atoms with Gasteiger partial charge in [0.1, 0.15) is 5.82 Å². The number of aliphatic imine (C=N–C) groups is 1. The molecule has 0 saturated heterocycles. The summed E-state index contributed by atoms with van der Waals surface area (Å²) in [5.74, 6) is -0.293. The average Bonchev–Trinajstić information content (AvgIpc) is 2.98. The number of aromatic nitrogens is 1. The van der Waals surface area contributed by atoms with Gasteiger partial charge in [0.2, 0.25) is 0 Å². The highest BCUT2D eigenvalue weighted by atomic mass is 32.1. The number of rotatable bonds is 3. The zero-order valence-electron chi connectivity index (χ0n) is 12.4. The van der Waals surface area contributed by atoms with Crippen LogP contribution in [0.1, 0.15) is 25.0 Å². The van der Waals surface area contributed by atoms with Gasteiger partial charge in [0, 0.05) is 23.7 Å². The van der Waals surface area contributed by atoms with Gasteiger partial charge in [-0.3, -0.25) is 10.3 Å². The van der Waals surface area contributed by atoms with Crippen LogP contribution in [-0.4, -0.2) is 17.2 Å². The summed E-state index contributed by atoms with van der Waals surface area (Å²) in [6.45, 7) is 2.01. The van der Waals surface area contributed by atoms with Crippen molar-refractivity contribution in [1.29, 1.82) is 0 Å². The summed E-state index contributed by atoms with van der Waals surface area (Å²) < 4.78 is 13.5. The second-order valence-electron chi connectivity index (χ2n) is 5.13. The monoisotopic (exact) mass is 330 g/mol. The summed E-state index contributed by atoms with van der Waals surface area (Å²) in [5, 5.41) is 7.49. The molecule has 0 fully saturated rings. The Balaban J connectivity index is 1.65. The normalized spacial score (nSPS) is 16.8. The van der Waals surface area contributed by atoms with E-state index in [1.165, 1.54) is 23.5 Å². The summed E-state index contributed by atoms with van der Waals surface area (Å²) >= 11 is 1.34. The Hall–Kier alpha value is -2.54. The van der Waals surface area contributed by atoms with Crippen molar-refractivity contribution in [2.24, 2.45) is 4.99 Å². The Morgan fingerprint density at radius 2 is 2.17 bits per heavy atom. The van der Waals surface area contributed by atoms with E-state index in [2.05, 4.69) is 20.6 Å². The van der Waals surface area contributed by atoms with E-state index in [-0.39, 0.29) is 11.6 Å². The number of amides is 2. The van der Waals surface area contributed by atoms with Crippen LogP contribution in [0.4, 0.5) is 20.0 Å². The minimum Gasteiger partial charge on any atom is -0.305 e. The van der Waals surface area contributed by atoms with Crippen molar-refractivity contribution in [3.05, 3.63) is 52.9 Å². The third kappa shape index (κ3) is 3.62. The maximum absolute atomic E-state index is 13.5. The summed E-state index contributed by atoms with van der Waals surface area (Å²) in [5.41, 5.74) is 2.17. The minimum absolute atomic E-state index is 0.129. The van der Waals surface area contributed by atoms with Gasteiger partial charge < -0.3 is 5.32 Å². The summed E-state index contributed by atoms with van der Waals surface area (Å²) in [7, 11) is 0. The van der Waals surface area contributed by atoms with Crippen LogP contribution in [-0.2, 0) is 0 Å². The van der Waals surface area contributed by atoms with Crippen molar-refractivity contribution < 1.29 is 9.18 Å². The first-order valence-electron chi connectivity index (χ1n) is 7.10. The van der Waals surface area contributed by atoms with E-state index < -0.39 is 11.8 Å². The molecule has 0 spiro atoms. The third-order valence-electron chi connectivity index (χ3n) is 3.50. The first-order valence-corrected chi connectivity index (χ1v) is 7.97. The molecule has 2 amide bonds. The predicted octanol–water partition coefficient (Wildman–Crippen LogP) is 4.39. The summed E-state index contributed by atoms with van der Waals surface area (Å²) in [6.07, 6.45) is 4.48. The lowest BCUT2D eigenvalue weighted by Crippen LogP contribution is -2.20. The molecule has 1 aromatic carbocycles. The molecule has 2 N–H and O–H groups in total. The molecule has 3 rings (SSSR count). The van der Waals surface area contributed by atoms with Gasteiger partial charge in [-0.2, -0.15) is 0 Å². The highest BCUT2D eigenvalue weighted by Gasteiger charge is 2.18. The second-order valence-corrected chi connectivity index (χ2v) is 5.99. The smallest absolute Gasteiger partial charge is 0.305 e. The van der Waals surface area contributed by atoms with Crippen LogP contribution in [0, 0.1) is 5.82 Å². The van der Waals surface area contributed by atoms with Crippen molar-refractivity contribution in [3.63, 3.8) is 0 Å². The first-order chi connectivity index (χ1) is 11.1. The van der Waals surface area contributed by atoms with E-state index in [1.807, 2.05) is 24.7 Å².